The first-order valence-corrected chi connectivity index (χ1v) is 10.5. The molecule has 0 aliphatic heterocycles. The van der Waals surface area contributed by atoms with Gasteiger partial charge in [-0.15, -0.1) is 0 Å². The number of aryl methyl sites for hydroxylation is 2. The summed E-state index contributed by atoms with van der Waals surface area (Å²) in [6.45, 7) is 6.82. The van der Waals surface area contributed by atoms with Crippen molar-refractivity contribution in [3.63, 3.8) is 0 Å². The van der Waals surface area contributed by atoms with Gasteiger partial charge in [0, 0.05) is 22.2 Å². The average molecular weight is 378 g/mol. The molecule has 0 spiro atoms. The first-order valence-electron chi connectivity index (χ1n) is 10.5. The molecule has 0 saturated carbocycles. The van der Waals surface area contributed by atoms with Gasteiger partial charge in [0.2, 0.25) is 5.52 Å². The standard InChI is InChI=1S/C27H25N2/c1-16(2)14-18-9-11-20-21-12-13-28(4)27-24-17(3)8-10-19-6-5-7-22(25(19)24)29(26(21)27)23(20)15-18/h5-13,15-16H,14H2,1-4H3/q+1. The van der Waals surface area contributed by atoms with Gasteiger partial charge >= 0.3 is 0 Å². The van der Waals surface area contributed by atoms with Gasteiger partial charge in [-0.3, -0.25) is 0 Å². The summed E-state index contributed by atoms with van der Waals surface area (Å²) in [7, 11) is 2.17. The van der Waals surface area contributed by atoms with Crippen molar-refractivity contribution < 1.29 is 4.57 Å². The first-order chi connectivity index (χ1) is 14.0. The second kappa shape index (κ2) is 5.70. The van der Waals surface area contributed by atoms with Crippen LogP contribution in [-0.2, 0) is 13.5 Å². The number of benzene rings is 3. The van der Waals surface area contributed by atoms with Gasteiger partial charge < -0.3 is 4.40 Å². The lowest BCUT2D eigenvalue weighted by atomic mass is 9.98. The van der Waals surface area contributed by atoms with Gasteiger partial charge in [0.25, 0.3) is 0 Å². The normalized spacial score (nSPS) is 12.6. The van der Waals surface area contributed by atoms with E-state index in [-0.39, 0.29) is 0 Å². The van der Waals surface area contributed by atoms with E-state index in [0.717, 1.165) is 6.42 Å². The second-order valence-corrected chi connectivity index (χ2v) is 8.96. The van der Waals surface area contributed by atoms with Crippen molar-refractivity contribution in [3.8, 4) is 0 Å². The quantitative estimate of drug-likeness (QED) is 0.190. The van der Waals surface area contributed by atoms with Gasteiger partial charge in [-0.2, -0.15) is 4.57 Å². The van der Waals surface area contributed by atoms with Crippen LogP contribution < -0.4 is 4.57 Å². The largest absolute Gasteiger partial charge is 0.303 e. The molecule has 0 fully saturated rings. The molecule has 6 aromatic rings. The van der Waals surface area contributed by atoms with Crippen LogP contribution in [0.1, 0.15) is 25.0 Å². The van der Waals surface area contributed by atoms with Crippen molar-refractivity contribution in [3.05, 3.63) is 71.9 Å². The molecule has 2 nitrogen and oxygen atoms in total. The fourth-order valence-electron chi connectivity index (χ4n) is 5.29. The van der Waals surface area contributed by atoms with Crippen LogP contribution in [0.15, 0.2) is 60.8 Å². The van der Waals surface area contributed by atoms with E-state index in [1.54, 1.807) is 0 Å². The Bertz CT molecular complexity index is 1570. The maximum atomic E-state index is 2.51. The third-order valence-corrected chi connectivity index (χ3v) is 6.47. The highest BCUT2D eigenvalue weighted by molar-refractivity contribution is 6.25. The number of fused-ring (bicyclic) bond motifs is 5. The third-order valence-electron chi connectivity index (χ3n) is 6.47. The summed E-state index contributed by atoms with van der Waals surface area (Å²) < 4.78 is 4.81. The van der Waals surface area contributed by atoms with Crippen molar-refractivity contribution in [2.24, 2.45) is 13.0 Å². The van der Waals surface area contributed by atoms with Crippen LogP contribution in [0.2, 0.25) is 0 Å². The Kier molecular flexibility index (Phi) is 3.30. The molecule has 0 atom stereocenters. The van der Waals surface area contributed by atoms with Crippen molar-refractivity contribution in [1.82, 2.24) is 4.40 Å². The molecule has 3 aromatic heterocycles. The van der Waals surface area contributed by atoms with Crippen LogP contribution in [0.5, 0.6) is 0 Å². The van der Waals surface area contributed by atoms with Gasteiger partial charge in [-0.25, -0.2) is 0 Å². The lowest BCUT2D eigenvalue weighted by Gasteiger charge is -2.13. The molecule has 0 saturated heterocycles. The molecule has 3 heterocycles. The molecule has 142 valence electrons. The molecule has 0 N–H and O–H groups in total. The number of aromatic nitrogens is 2. The maximum absolute atomic E-state index is 2.51. The SMILES string of the molecule is Cc1ccc2cccc3c2c1c1c2c(cc[n+]1C)c1ccc(CC(C)C)cc1n32. The molecule has 29 heavy (non-hydrogen) atoms. The molecule has 3 aromatic carbocycles. The van der Waals surface area contributed by atoms with Crippen molar-refractivity contribution in [1.29, 1.82) is 0 Å². The minimum atomic E-state index is 0.651. The number of hydrogen-bond acceptors (Lipinski definition) is 0. The van der Waals surface area contributed by atoms with Gasteiger partial charge in [0.15, 0.2) is 6.20 Å². The Labute approximate surface area is 170 Å². The minimum absolute atomic E-state index is 0.651. The summed E-state index contributed by atoms with van der Waals surface area (Å²) in [6, 6.07) is 20.6. The minimum Gasteiger partial charge on any atom is -0.303 e. The van der Waals surface area contributed by atoms with Crippen molar-refractivity contribution >= 4 is 49.0 Å². The molecule has 0 unspecified atom stereocenters. The summed E-state index contributed by atoms with van der Waals surface area (Å²) in [4.78, 5) is 0. The van der Waals surface area contributed by atoms with Crippen LogP contribution in [-0.4, -0.2) is 4.40 Å². The molecule has 0 amide bonds. The first kappa shape index (κ1) is 16.8. The predicted octanol–water partition coefficient (Wildman–Crippen LogP) is 6.32. The van der Waals surface area contributed by atoms with E-state index in [4.69, 9.17) is 0 Å². The molecular weight excluding hydrogens is 352 g/mol. The Morgan fingerprint density at radius 1 is 0.897 bits per heavy atom. The fourth-order valence-corrected chi connectivity index (χ4v) is 5.29. The fraction of sp³-hybridized carbons (Fsp3) is 0.222. The molecule has 2 heteroatoms. The van der Waals surface area contributed by atoms with Crippen LogP contribution >= 0.6 is 0 Å². The van der Waals surface area contributed by atoms with Gasteiger partial charge in [-0.05, 0) is 47.9 Å². The Balaban J connectivity index is 1.97. The van der Waals surface area contributed by atoms with E-state index in [0.29, 0.717) is 5.92 Å². The number of hydrogen-bond donors (Lipinski definition) is 0. The van der Waals surface area contributed by atoms with Crippen molar-refractivity contribution in [2.75, 3.05) is 0 Å². The zero-order chi connectivity index (χ0) is 19.9. The van der Waals surface area contributed by atoms with E-state index in [1.165, 1.54) is 60.1 Å². The van der Waals surface area contributed by atoms with Crippen LogP contribution in [0.25, 0.3) is 49.0 Å². The monoisotopic (exact) mass is 377 g/mol. The molecule has 0 bridgehead atoms. The van der Waals surface area contributed by atoms with E-state index >= 15 is 0 Å². The number of pyridine rings is 2. The van der Waals surface area contributed by atoms with E-state index in [9.17, 15) is 0 Å². The maximum Gasteiger partial charge on any atom is 0.238 e. The average Bonchev–Trinajstić information content (AvgIpc) is 3.02. The van der Waals surface area contributed by atoms with E-state index < -0.39 is 0 Å². The Morgan fingerprint density at radius 3 is 2.59 bits per heavy atom. The number of nitrogens with zero attached hydrogens (tertiary/aromatic N) is 2. The third kappa shape index (κ3) is 2.15. The topological polar surface area (TPSA) is 8.29 Å². The lowest BCUT2D eigenvalue weighted by molar-refractivity contribution is -0.644. The summed E-state index contributed by atoms with van der Waals surface area (Å²) >= 11 is 0. The van der Waals surface area contributed by atoms with Gasteiger partial charge in [0.05, 0.1) is 16.4 Å². The molecule has 6 rings (SSSR count). The molecule has 0 aliphatic carbocycles. The summed E-state index contributed by atoms with van der Waals surface area (Å²) in [6.07, 6.45) is 3.33. The molecular formula is C27H25N2+. The van der Waals surface area contributed by atoms with Gasteiger partial charge in [0.1, 0.15) is 12.6 Å². The summed E-state index contributed by atoms with van der Waals surface area (Å²) in [5.41, 5.74) is 8.04. The highest BCUT2D eigenvalue weighted by Gasteiger charge is 2.24. The van der Waals surface area contributed by atoms with E-state index in [1.807, 2.05) is 0 Å². The highest BCUT2D eigenvalue weighted by Crippen LogP contribution is 2.40. The van der Waals surface area contributed by atoms with Crippen LogP contribution in [0.3, 0.4) is 0 Å². The Hall–Kier alpha value is -3.13. The zero-order valence-corrected chi connectivity index (χ0v) is 17.5. The molecule has 0 radical (unpaired) electrons. The molecule has 0 aliphatic rings. The van der Waals surface area contributed by atoms with Crippen LogP contribution in [0, 0.1) is 12.8 Å². The smallest absolute Gasteiger partial charge is 0.238 e. The van der Waals surface area contributed by atoms with Crippen molar-refractivity contribution in [2.45, 2.75) is 27.2 Å². The van der Waals surface area contributed by atoms with Crippen LogP contribution in [0.4, 0.5) is 0 Å². The number of rotatable bonds is 2. The summed E-state index contributed by atoms with van der Waals surface area (Å²) in [5, 5.41) is 6.75. The predicted molar refractivity (Wildman–Crippen MR) is 123 cm³/mol. The highest BCUT2D eigenvalue weighted by atomic mass is 15.0. The summed E-state index contributed by atoms with van der Waals surface area (Å²) in [5.74, 6) is 0.651. The van der Waals surface area contributed by atoms with E-state index in [2.05, 4.69) is 97.6 Å². The second-order valence-electron chi connectivity index (χ2n) is 8.96. The lowest BCUT2D eigenvalue weighted by Crippen LogP contribution is -2.28. The Morgan fingerprint density at radius 2 is 1.76 bits per heavy atom. The zero-order valence-electron chi connectivity index (χ0n) is 17.5. The van der Waals surface area contributed by atoms with Gasteiger partial charge in [-0.1, -0.05) is 50.2 Å².